The molecular weight excluding hydrogens is 196 g/mol. The minimum Gasteiger partial charge on any atom is -0.409 e. The van der Waals surface area contributed by atoms with Crippen molar-refractivity contribution < 1.29 is 9.53 Å². The van der Waals surface area contributed by atoms with Crippen LogP contribution in [0.1, 0.15) is 26.3 Å². The molecule has 0 aliphatic rings. The van der Waals surface area contributed by atoms with E-state index in [-0.39, 0.29) is 5.88 Å². The molecule has 1 aromatic heterocycles. The van der Waals surface area contributed by atoms with Crippen LogP contribution in [-0.4, -0.2) is 15.9 Å². The lowest BCUT2D eigenvalue weighted by atomic mass is 9.97. The van der Waals surface area contributed by atoms with Crippen LogP contribution in [0.5, 0.6) is 5.88 Å². The number of aryl methyl sites for hydroxylation is 1. The zero-order chi connectivity index (χ0) is 11.6. The van der Waals surface area contributed by atoms with Crippen molar-refractivity contribution in [3.8, 4) is 5.88 Å². The molecule has 0 aliphatic carbocycles. The summed E-state index contributed by atoms with van der Waals surface area (Å²) in [6, 6.07) is 0. The van der Waals surface area contributed by atoms with Gasteiger partial charge in [-0.25, -0.2) is 9.78 Å². The van der Waals surface area contributed by atoms with Crippen molar-refractivity contribution in [3.05, 3.63) is 22.2 Å². The van der Waals surface area contributed by atoms with Gasteiger partial charge in [-0.05, 0) is 27.7 Å². The third kappa shape index (κ3) is 2.90. The fraction of sp³-hybridized carbons (Fsp3) is 0.500. The Bertz CT molecular complexity index is 429. The molecule has 5 heteroatoms. The van der Waals surface area contributed by atoms with E-state index >= 15 is 0 Å². The molecule has 1 rings (SSSR count). The van der Waals surface area contributed by atoms with E-state index in [1.54, 1.807) is 27.7 Å². The van der Waals surface area contributed by atoms with E-state index < -0.39 is 17.1 Å². The summed E-state index contributed by atoms with van der Waals surface area (Å²) in [4.78, 5) is 28.3. The van der Waals surface area contributed by atoms with Crippen LogP contribution in [0.4, 0.5) is 0 Å². The van der Waals surface area contributed by atoms with E-state index in [9.17, 15) is 9.59 Å². The van der Waals surface area contributed by atoms with Gasteiger partial charge in [0, 0.05) is 11.8 Å². The normalized spacial score (nSPS) is 11.2. The fourth-order valence-electron chi connectivity index (χ4n) is 0.794. The molecule has 0 spiro atoms. The van der Waals surface area contributed by atoms with Crippen LogP contribution in [0.2, 0.25) is 0 Å². The molecule has 1 aromatic rings. The Labute approximate surface area is 87.5 Å². The van der Waals surface area contributed by atoms with Gasteiger partial charge in [0.2, 0.25) is 5.88 Å². The number of nitrogens with zero attached hydrogens (tertiary/aromatic N) is 1. The number of aromatic amines is 1. The van der Waals surface area contributed by atoms with Gasteiger partial charge in [0.15, 0.2) is 0 Å². The van der Waals surface area contributed by atoms with E-state index in [1.165, 1.54) is 6.20 Å². The molecule has 0 saturated carbocycles. The topological polar surface area (TPSA) is 72.1 Å². The van der Waals surface area contributed by atoms with Gasteiger partial charge in [-0.1, -0.05) is 0 Å². The van der Waals surface area contributed by atoms with Crippen LogP contribution in [0, 0.1) is 12.3 Å². The molecule has 0 saturated heterocycles. The van der Waals surface area contributed by atoms with Gasteiger partial charge in [-0.2, -0.15) is 0 Å². The molecule has 15 heavy (non-hydrogen) atoms. The quantitative estimate of drug-likeness (QED) is 0.703. The molecule has 0 aromatic carbocycles. The van der Waals surface area contributed by atoms with Crippen molar-refractivity contribution in [1.82, 2.24) is 9.97 Å². The maximum Gasteiger partial charge on any atom is 0.347 e. The molecular formula is C10H14N2O3. The molecule has 0 fully saturated rings. The number of rotatable bonds is 1. The number of ether oxygens (including phenoxy) is 1. The zero-order valence-electron chi connectivity index (χ0n) is 9.25. The van der Waals surface area contributed by atoms with Crippen LogP contribution >= 0.6 is 0 Å². The van der Waals surface area contributed by atoms with Crippen LogP contribution < -0.4 is 10.4 Å². The summed E-state index contributed by atoms with van der Waals surface area (Å²) in [5, 5.41) is 0. The van der Waals surface area contributed by atoms with Gasteiger partial charge in [0.1, 0.15) is 0 Å². The van der Waals surface area contributed by atoms with E-state index in [1.807, 2.05) is 0 Å². The van der Waals surface area contributed by atoms with Crippen molar-refractivity contribution in [2.75, 3.05) is 0 Å². The molecule has 82 valence electrons. The summed E-state index contributed by atoms with van der Waals surface area (Å²) in [6.45, 7) is 6.92. The summed E-state index contributed by atoms with van der Waals surface area (Å²) >= 11 is 0. The van der Waals surface area contributed by atoms with Crippen LogP contribution in [0.3, 0.4) is 0 Å². The molecule has 5 nitrogen and oxygen atoms in total. The maximum absolute atomic E-state index is 11.5. The third-order valence-electron chi connectivity index (χ3n) is 1.76. The Kier molecular flexibility index (Phi) is 2.93. The first-order valence-electron chi connectivity index (χ1n) is 4.59. The number of carbonyl (C=O) groups is 1. The average molecular weight is 210 g/mol. The molecule has 1 N–H and O–H groups in total. The number of hydrogen-bond acceptors (Lipinski definition) is 4. The molecule has 0 atom stereocenters. The Hall–Kier alpha value is -1.65. The van der Waals surface area contributed by atoms with Crippen LogP contribution in [0.25, 0.3) is 0 Å². The van der Waals surface area contributed by atoms with E-state index in [4.69, 9.17) is 4.74 Å². The summed E-state index contributed by atoms with van der Waals surface area (Å²) in [6.07, 6.45) is 1.37. The highest BCUT2D eigenvalue weighted by molar-refractivity contribution is 5.77. The summed E-state index contributed by atoms with van der Waals surface area (Å²) in [5.41, 5.74) is -0.517. The lowest BCUT2D eigenvalue weighted by Gasteiger charge is -2.16. The molecule has 0 radical (unpaired) electrons. The monoisotopic (exact) mass is 210 g/mol. The molecule has 0 aliphatic heterocycles. The third-order valence-corrected chi connectivity index (χ3v) is 1.76. The minimum atomic E-state index is -0.605. The van der Waals surface area contributed by atoms with Gasteiger partial charge in [0.25, 0.3) is 0 Å². The Balaban J connectivity index is 2.95. The first kappa shape index (κ1) is 11.4. The zero-order valence-corrected chi connectivity index (χ0v) is 9.25. The average Bonchev–Trinajstić information content (AvgIpc) is 2.09. The smallest absolute Gasteiger partial charge is 0.347 e. The number of hydrogen-bond donors (Lipinski definition) is 1. The standard InChI is InChI=1S/C10H14N2O3/c1-6-5-11-9(14)12-7(6)15-8(13)10(2,3)4/h5H,1-4H3,(H,11,12,14). The lowest BCUT2D eigenvalue weighted by Crippen LogP contribution is -2.27. The second kappa shape index (κ2) is 3.84. The Morgan fingerprint density at radius 1 is 1.47 bits per heavy atom. The first-order chi connectivity index (χ1) is 6.80. The lowest BCUT2D eigenvalue weighted by molar-refractivity contribution is -0.143. The van der Waals surface area contributed by atoms with Crippen molar-refractivity contribution in [1.29, 1.82) is 0 Å². The molecule has 0 bridgehead atoms. The van der Waals surface area contributed by atoms with Gasteiger partial charge in [-0.3, -0.25) is 9.78 Å². The molecule has 0 unspecified atom stereocenters. The Morgan fingerprint density at radius 3 is 2.60 bits per heavy atom. The highest BCUT2D eigenvalue weighted by Crippen LogP contribution is 2.18. The van der Waals surface area contributed by atoms with Crippen molar-refractivity contribution in [2.45, 2.75) is 27.7 Å². The van der Waals surface area contributed by atoms with Gasteiger partial charge < -0.3 is 4.74 Å². The number of nitrogens with one attached hydrogen (secondary N) is 1. The fourth-order valence-corrected chi connectivity index (χ4v) is 0.794. The highest BCUT2D eigenvalue weighted by Gasteiger charge is 2.24. The van der Waals surface area contributed by atoms with Gasteiger partial charge >= 0.3 is 11.7 Å². The summed E-state index contributed by atoms with van der Waals surface area (Å²) in [5.74, 6) is -0.234. The van der Waals surface area contributed by atoms with E-state index in [0.29, 0.717) is 5.56 Å². The van der Waals surface area contributed by atoms with Gasteiger partial charge in [0.05, 0.1) is 5.41 Å². The first-order valence-corrected chi connectivity index (χ1v) is 4.59. The number of aromatic nitrogens is 2. The Morgan fingerprint density at radius 2 is 2.07 bits per heavy atom. The van der Waals surface area contributed by atoms with Gasteiger partial charge in [-0.15, -0.1) is 0 Å². The molecule has 0 amide bonds. The predicted octanol–water partition coefficient (Wildman–Crippen LogP) is 1.03. The van der Waals surface area contributed by atoms with Crippen molar-refractivity contribution in [2.24, 2.45) is 5.41 Å². The number of esters is 1. The second-order valence-electron chi connectivity index (χ2n) is 4.34. The second-order valence-corrected chi connectivity index (χ2v) is 4.34. The van der Waals surface area contributed by atoms with Crippen molar-refractivity contribution >= 4 is 5.97 Å². The summed E-state index contributed by atoms with van der Waals surface area (Å²) in [7, 11) is 0. The molecule has 1 heterocycles. The highest BCUT2D eigenvalue weighted by atomic mass is 16.5. The predicted molar refractivity (Wildman–Crippen MR) is 54.7 cm³/mol. The summed E-state index contributed by atoms with van der Waals surface area (Å²) < 4.78 is 5.06. The van der Waals surface area contributed by atoms with Crippen molar-refractivity contribution in [3.63, 3.8) is 0 Å². The number of H-pyrrole nitrogens is 1. The SMILES string of the molecule is Cc1cnc(=O)[nH]c1OC(=O)C(C)(C)C. The van der Waals surface area contributed by atoms with Crippen LogP contribution in [0.15, 0.2) is 11.0 Å². The van der Waals surface area contributed by atoms with Crippen LogP contribution in [-0.2, 0) is 4.79 Å². The largest absolute Gasteiger partial charge is 0.409 e. The minimum absolute atomic E-state index is 0.162. The number of carbonyl (C=O) groups excluding carboxylic acids is 1. The van der Waals surface area contributed by atoms with E-state index in [2.05, 4.69) is 9.97 Å². The maximum atomic E-state index is 11.5. The van der Waals surface area contributed by atoms with E-state index in [0.717, 1.165) is 0 Å².